The number of benzene rings is 1. The van der Waals surface area contributed by atoms with Crippen LogP contribution >= 0.6 is 11.6 Å². The minimum atomic E-state index is 0.00983. The van der Waals surface area contributed by atoms with Crippen molar-refractivity contribution >= 4 is 28.9 Å². The maximum Gasteiger partial charge on any atom is 0.224 e. The molecule has 0 saturated heterocycles. The maximum absolute atomic E-state index is 11.8. The van der Waals surface area contributed by atoms with Crippen LogP contribution in [0.3, 0.4) is 0 Å². The van der Waals surface area contributed by atoms with Gasteiger partial charge in [-0.2, -0.15) is 0 Å². The lowest BCUT2D eigenvalue weighted by Gasteiger charge is -2.19. The topological polar surface area (TPSA) is 44.4 Å². The third-order valence-electron chi connectivity index (χ3n) is 2.54. The number of halogens is 1. The summed E-state index contributed by atoms with van der Waals surface area (Å²) in [5.41, 5.74) is 1.59. The molecule has 100 valence electrons. The number of carbonyl (C=O) groups excluding carboxylic acids is 1. The summed E-state index contributed by atoms with van der Waals surface area (Å²) in [4.78, 5) is 13.7. The largest absolute Gasteiger partial charge is 0.375 e. The molecule has 0 heterocycles. The van der Waals surface area contributed by atoms with Gasteiger partial charge in [0, 0.05) is 20.5 Å². The molecule has 0 spiro atoms. The van der Waals surface area contributed by atoms with Crippen molar-refractivity contribution in [3.63, 3.8) is 0 Å². The van der Waals surface area contributed by atoms with Gasteiger partial charge < -0.3 is 15.5 Å². The summed E-state index contributed by atoms with van der Waals surface area (Å²) < 4.78 is 0. The van der Waals surface area contributed by atoms with E-state index < -0.39 is 0 Å². The quantitative estimate of drug-likeness (QED) is 0.779. The first-order chi connectivity index (χ1) is 8.56. The summed E-state index contributed by atoms with van der Waals surface area (Å²) in [5, 5.41) is 6.55. The van der Waals surface area contributed by atoms with Crippen LogP contribution in [0.5, 0.6) is 0 Å². The van der Waals surface area contributed by atoms with Crippen LogP contribution in [0, 0.1) is 0 Å². The molecule has 1 aromatic rings. The van der Waals surface area contributed by atoms with Crippen molar-refractivity contribution in [1.29, 1.82) is 0 Å². The van der Waals surface area contributed by atoms with Crippen LogP contribution < -0.4 is 15.5 Å². The van der Waals surface area contributed by atoms with Crippen molar-refractivity contribution < 1.29 is 4.79 Å². The van der Waals surface area contributed by atoms with Crippen LogP contribution in [0.25, 0.3) is 0 Å². The second kappa shape index (κ2) is 7.24. The standard InChI is InChI=1S/C13H20ClN3O/c1-15-9-5-8-12(18)16-11-7-4-6-10(14)13(11)17(2)3/h4,6-7,15H,5,8-9H2,1-3H3,(H,16,18). The van der Waals surface area contributed by atoms with Gasteiger partial charge in [0.25, 0.3) is 0 Å². The summed E-state index contributed by atoms with van der Waals surface area (Å²) in [5.74, 6) is 0.00983. The fourth-order valence-corrected chi connectivity index (χ4v) is 2.05. The second-order valence-electron chi connectivity index (χ2n) is 4.29. The van der Waals surface area contributed by atoms with Gasteiger partial charge in [0.1, 0.15) is 0 Å². The van der Waals surface area contributed by atoms with E-state index in [-0.39, 0.29) is 5.91 Å². The van der Waals surface area contributed by atoms with Crippen molar-refractivity contribution in [3.05, 3.63) is 23.2 Å². The number of hydrogen-bond acceptors (Lipinski definition) is 3. The van der Waals surface area contributed by atoms with Gasteiger partial charge in [0.15, 0.2) is 0 Å². The van der Waals surface area contributed by atoms with Gasteiger partial charge in [-0.3, -0.25) is 4.79 Å². The first-order valence-corrected chi connectivity index (χ1v) is 6.34. The lowest BCUT2D eigenvalue weighted by molar-refractivity contribution is -0.116. The number of nitrogens with one attached hydrogen (secondary N) is 2. The normalized spacial score (nSPS) is 10.2. The second-order valence-corrected chi connectivity index (χ2v) is 4.69. The van der Waals surface area contributed by atoms with Crippen LogP contribution in [0.1, 0.15) is 12.8 Å². The lowest BCUT2D eigenvalue weighted by atomic mass is 10.2. The van der Waals surface area contributed by atoms with E-state index >= 15 is 0 Å². The Labute approximate surface area is 113 Å². The minimum Gasteiger partial charge on any atom is -0.375 e. The molecule has 0 saturated carbocycles. The Morgan fingerprint density at radius 1 is 1.39 bits per heavy atom. The molecule has 18 heavy (non-hydrogen) atoms. The Morgan fingerprint density at radius 3 is 2.72 bits per heavy atom. The SMILES string of the molecule is CNCCCC(=O)Nc1cccc(Cl)c1N(C)C. The first-order valence-electron chi connectivity index (χ1n) is 5.96. The summed E-state index contributed by atoms with van der Waals surface area (Å²) in [6.07, 6.45) is 1.32. The van der Waals surface area contributed by atoms with Crippen molar-refractivity contribution in [3.8, 4) is 0 Å². The molecule has 0 radical (unpaired) electrons. The molecule has 1 amide bonds. The number of hydrogen-bond donors (Lipinski definition) is 2. The average Bonchev–Trinajstić information content (AvgIpc) is 2.28. The summed E-state index contributed by atoms with van der Waals surface area (Å²) in [6.45, 7) is 0.837. The van der Waals surface area contributed by atoms with Gasteiger partial charge in [-0.05, 0) is 32.1 Å². The molecule has 0 bridgehead atoms. The van der Waals surface area contributed by atoms with E-state index in [1.165, 1.54) is 0 Å². The molecule has 0 aromatic heterocycles. The van der Waals surface area contributed by atoms with Crippen LogP contribution in [-0.2, 0) is 4.79 Å². The number of carbonyl (C=O) groups is 1. The van der Waals surface area contributed by atoms with E-state index in [2.05, 4.69) is 10.6 Å². The molecular formula is C13H20ClN3O. The zero-order chi connectivity index (χ0) is 13.5. The van der Waals surface area contributed by atoms with E-state index in [4.69, 9.17) is 11.6 Å². The monoisotopic (exact) mass is 269 g/mol. The molecule has 4 nitrogen and oxygen atoms in total. The Morgan fingerprint density at radius 2 is 2.11 bits per heavy atom. The molecule has 1 rings (SSSR count). The highest BCUT2D eigenvalue weighted by Gasteiger charge is 2.11. The maximum atomic E-state index is 11.8. The molecule has 0 aliphatic carbocycles. The van der Waals surface area contributed by atoms with E-state index in [0.717, 1.165) is 24.3 Å². The van der Waals surface area contributed by atoms with Gasteiger partial charge in [0.05, 0.1) is 16.4 Å². The van der Waals surface area contributed by atoms with Gasteiger partial charge >= 0.3 is 0 Å². The van der Waals surface area contributed by atoms with Crippen molar-refractivity contribution in [2.45, 2.75) is 12.8 Å². The number of nitrogens with zero attached hydrogens (tertiary/aromatic N) is 1. The third-order valence-corrected chi connectivity index (χ3v) is 2.84. The van der Waals surface area contributed by atoms with Crippen LogP contribution in [0.15, 0.2) is 18.2 Å². The Bertz CT molecular complexity index is 407. The first kappa shape index (κ1) is 14.8. The molecular weight excluding hydrogens is 250 g/mol. The lowest BCUT2D eigenvalue weighted by Crippen LogP contribution is -2.18. The number of anilines is 2. The Hall–Kier alpha value is -1.26. The summed E-state index contributed by atoms with van der Waals surface area (Å²) in [7, 11) is 5.68. The predicted molar refractivity (Wildman–Crippen MR) is 77.6 cm³/mol. The van der Waals surface area contributed by atoms with E-state index in [0.29, 0.717) is 11.4 Å². The van der Waals surface area contributed by atoms with Crippen molar-refractivity contribution in [2.75, 3.05) is 37.9 Å². The smallest absolute Gasteiger partial charge is 0.224 e. The Kier molecular flexibility index (Phi) is 5.95. The zero-order valence-electron chi connectivity index (χ0n) is 11.1. The summed E-state index contributed by atoms with van der Waals surface area (Å²) in [6, 6.07) is 5.50. The van der Waals surface area contributed by atoms with E-state index in [1.54, 1.807) is 0 Å². The van der Waals surface area contributed by atoms with Gasteiger partial charge in [-0.25, -0.2) is 0 Å². The molecule has 0 atom stereocenters. The molecule has 2 N–H and O–H groups in total. The van der Waals surface area contributed by atoms with Crippen molar-refractivity contribution in [1.82, 2.24) is 5.32 Å². The van der Waals surface area contributed by atoms with E-state index in [1.807, 2.05) is 44.2 Å². The number of para-hydroxylation sites is 1. The van der Waals surface area contributed by atoms with Crippen molar-refractivity contribution in [2.24, 2.45) is 0 Å². The van der Waals surface area contributed by atoms with Gasteiger partial charge in [-0.15, -0.1) is 0 Å². The van der Waals surface area contributed by atoms with Crippen LogP contribution in [0.4, 0.5) is 11.4 Å². The molecule has 0 fully saturated rings. The fraction of sp³-hybridized carbons (Fsp3) is 0.462. The minimum absolute atomic E-state index is 0.00983. The van der Waals surface area contributed by atoms with Gasteiger partial charge in [-0.1, -0.05) is 17.7 Å². The molecule has 0 unspecified atom stereocenters. The highest BCUT2D eigenvalue weighted by Crippen LogP contribution is 2.32. The zero-order valence-corrected chi connectivity index (χ0v) is 11.8. The fourth-order valence-electron chi connectivity index (χ4n) is 1.71. The van der Waals surface area contributed by atoms with Crippen LogP contribution in [0.2, 0.25) is 5.02 Å². The summed E-state index contributed by atoms with van der Waals surface area (Å²) >= 11 is 6.13. The molecule has 1 aromatic carbocycles. The number of amides is 1. The highest BCUT2D eigenvalue weighted by molar-refractivity contribution is 6.34. The average molecular weight is 270 g/mol. The molecule has 5 heteroatoms. The molecule has 0 aliphatic rings. The van der Waals surface area contributed by atoms with Crippen LogP contribution in [-0.4, -0.2) is 33.6 Å². The third kappa shape index (κ3) is 4.20. The molecule has 0 aliphatic heterocycles. The highest BCUT2D eigenvalue weighted by atomic mass is 35.5. The Balaban J connectivity index is 2.72. The predicted octanol–water partition coefficient (Wildman–Crippen LogP) is 2.34. The number of rotatable bonds is 6. The van der Waals surface area contributed by atoms with E-state index in [9.17, 15) is 4.79 Å². The van der Waals surface area contributed by atoms with Gasteiger partial charge in [0.2, 0.25) is 5.91 Å².